The van der Waals surface area contributed by atoms with Gasteiger partial charge in [-0.15, -0.1) is 0 Å². The third-order valence-electron chi connectivity index (χ3n) is 3.30. The zero-order valence-corrected chi connectivity index (χ0v) is 12.5. The van der Waals surface area contributed by atoms with Gasteiger partial charge < -0.3 is 10.1 Å². The Hall–Kier alpha value is -2.14. The fraction of sp³-hybridized carbons (Fsp3) is 0.375. The fourth-order valence-corrected chi connectivity index (χ4v) is 2.23. The summed E-state index contributed by atoms with van der Waals surface area (Å²) in [5.41, 5.74) is 2.76. The monoisotopic (exact) mass is 287 g/mol. The minimum Gasteiger partial charge on any atom is -0.383 e. The Balaban J connectivity index is 2.12. The maximum atomic E-state index is 12.1. The van der Waals surface area contributed by atoms with Crippen LogP contribution in [0.2, 0.25) is 0 Å². The lowest BCUT2D eigenvalue weighted by molar-refractivity contribution is 0.0936. The topological polar surface area (TPSA) is 56.1 Å². The van der Waals surface area contributed by atoms with E-state index in [9.17, 15) is 4.79 Å². The molecule has 0 bridgehead atoms. The molecule has 1 N–H and O–H groups in total. The second kappa shape index (κ2) is 7.59. The maximum Gasteiger partial charge on any atom is 0.254 e. The molecular weight excluding hydrogens is 266 g/mol. The molecule has 2 aromatic rings. The molecule has 1 heterocycles. The fourth-order valence-electron chi connectivity index (χ4n) is 2.23. The quantitative estimate of drug-likeness (QED) is 0.791. The molecule has 0 unspecified atom stereocenters. The Morgan fingerprint density at radius 2 is 2.10 bits per heavy atom. The van der Waals surface area contributed by atoms with Crippen LogP contribution in [0.4, 0.5) is 0 Å². The van der Waals surface area contributed by atoms with E-state index in [1.165, 1.54) is 5.56 Å². The highest BCUT2D eigenvalue weighted by atomic mass is 16.5. The van der Waals surface area contributed by atoms with Gasteiger partial charge in [-0.1, -0.05) is 37.3 Å². The van der Waals surface area contributed by atoms with Crippen LogP contribution in [-0.4, -0.2) is 35.9 Å². The second-order valence-electron chi connectivity index (χ2n) is 4.75. The largest absolute Gasteiger partial charge is 0.383 e. The molecule has 5 nitrogen and oxygen atoms in total. The molecule has 2 rings (SSSR count). The summed E-state index contributed by atoms with van der Waals surface area (Å²) in [6, 6.07) is 10.1. The van der Waals surface area contributed by atoms with Gasteiger partial charge in [-0.05, 0) is 12.0 Å². The minimum absolute atomic E-state index is 0.0942. The van der Waals surface area contributed by atoms with Crippen LogP contribution in [0.3, 0.4) is 0 Å². The summed E-state index contributed by atoms with van der Waals surface area (Å²) in [4.78, 5) is 12.1. The van der Waals surface area contributed by atoms with Gasteiger partial charge in [-0.25, -0.2) is 0 Å². The van der Waals surface area contributed by atoms with Crippen molar-refractivity contribution in [1.29, 1.82) is 0 Å². The minimum atomic E-state index is -0.0942. The summed E-state index contributed by atoms with van der Waals surface area (Å²) in [7, 11) is 1.61. The van der Waals surface area contributed by atoms with Gasteiger partial charge in [0.15, 0.2) is 0 Å². The van der Waals surface area contributed by atoms with Crippen molar-refractivity contribution in [3.05, 3.63) is 53.3 Å². The number of aromatic nitrogens is 2. The molecule has 112 valence electrons. The van der Waals surface area contributed by atoms with Crippen LogP contribution >= 0.6 is 0 Å². The molecule has 0 saturated heterocycles. The molecule has 0 fully saturated rings. The number of amides is 1. The Labute approximate surface area is 124 Å². The first kappa shape index (κ1) is 15.3. The standard InChI is InChI=1S/C16H21N3O2/c1-3-15-14(16(20)17-9-10-21-2)11-18-19(15)12-13-7-5-4-6-8-13/h4-8,11H,3,9-10,12H2,1-2H3,(H,17,20). The van der Waals surface area contributed by atoms with Gasteiger partial charge in [0.2, 0.25) is 0 Å². The average Bonchev–Trinajstić information content (AvgIpc) is 2.91. The Morgan fingerprint density at radius 3 is 2.76 bits per heavy atom. The molecule has 21 heavy (non-hydrogen) atoms. The van der Waals surface area contributed by atoms with Crippen molar-refractivity contribution in [2.75, 3.05) is 20.3 Å². The third-order valence-corrected chi connectivity index (χ3v) is 3.30. The molecule has 0 aliphatic carbocycles. The number of carbonyl (C=O) groups excluding carboxylic acids is 1. The van der Waals surface area contributed by atoms with Crippen molar-refractivity contribution < 1.29 is 9.53 Å². The average molecular weight is 287 g/mol. The van der Waals surface area contributed by atoms with E-state index in [1.54, 1.807) is 13.3 Å². The number of nitrogens with zero attached hydrogens (tertiary/aromatic N) is 2. The molecule has 0 spiro atoms. The van der Waals surface area contributed by atoms with Gasteiger partial charge in [-0.2, -0.15) is 5.10 Å². The lowest BCUT2D eigenvalue weighted by Crippen LogP contribution is -2.27. The molecule has 0 saturated carbocycles. The summed E-state index contributed by atoms with van der Waals surface area (Å²) >= 11 is 0. The van der Waals surface area contributed by atoms with E-state index < -0.39 is 0 Å². The molecular formula is C16H21N3O2. The lowest BCUT2D eigenvalue weighted by atomic mass is 10.1. The van der Waals surface area contributed by atoms with Crippen molar-refractivity contribution in [1.82, 2.24) is 15.1 Å². The predicted molar refractivity (Wildman–Crippen MR) is 81.4 cm³/mol. The molecule has 1 aromatic carbocycles. The number of hydrogen-bond acceptors (Lipinski definition) is 3. The smallest absolute Gasteiger partial charge is 0.254 e. The van der Waals surface area contributed by atoms with Gasteiger partial charge in [0, 0.05) is 13.7 Å². The number of ether oxygens (including phenoxy) is 1. The van der Waals surface area contributed by atoms with Crippen molar-refractivity contribution in [2.24, 2.45) is 0 Å². The van der Waals surface area contributed by atoms with E-state index >= 15 is 0 Å². The maximum absolute atomic E-state index is 12.1. The van der Waals surface area contributed by atoms with Crippen LogP contribution in [0.15, 0.2) is 36.5 Å². The number of rotatable bonds is 7. The summed E-state index contributed by atoms with van der Waals surface area (Å²) in [5, 5.41) is 7.19. The first-order valence-corrected chi connectivity index (χ1v) is 7.12. The summed E-state index contributed by atoms with van der Waals surface area (Å²) in [5.74, 6) is -0.0942. The molecule has 0 aliphatic heterocycles. The van der Waals surface area contributed by atoms with E-state index in [4.69, 9.17) is 4.74 Å². The second-order valence-corrected chi connectivity index (χ2v) is 4.75. The molecule has 0 aliphatic rings. The van der Waals surface area contributed by atoms with E-state index in [2.05, 4.69) is 22.5 Å². The number of nitrogens with one attached hydrogen (secondary N) is 1. The number of carbonyl (C=O) groups is 1. The Kier molecular flexibility index (Phi) is 5.51. The third kappa shape index (κ3) is 3.92. The number of methoxy groups -OCH3 is 1. The van der Waals surface area contributed by atoms with Crippen LogP contribution in [-0.2, 0) is 17.7 Å². The highest BCUT2D eigenvalue weighted by Crippen LogP contribution is 2.12. The summed E-state index contributed by atoms with van der Waals surface area (Å²) in [6.07, 6.45) is 2.41. The Bertz CT molecular complexity index is 578. The van der Waals surface area contributed by atoms with Crippen molar-refractivity contribution in [3.8, 4) is 0 Å². The van der Waals surface area contributed by atoms with Gasteiger partial charge in [0.1, 0.15) is 0 Å². The molecule has 5 heteroatoms. The van der Waals surface area contributed by atoms with Gasteiger partial charge in [0.05, 0.1) is 30.6 Å². The van der Waals surface area contributed by atoms with Gasteiger partial charge >= 0.3 is 0 Å². The Morgan fingerprint density at radius 1 is 1.33 bits per heavy atom. The van der Waals surface area contributed by atoms with E-state index in [0.29, 0.717) is 25.3 Å². The SMILES string of the molecule is CCc1c(C(=O)NCCOC)cnn1Cc1ccccc1. The normalized spacial score (nSPS) is 10.6. The summed E-state index contributed by atoms with van der Waals surface area (Å²) in [6.45, 7) is 3.72. The zero-order valence-electron chi connectivity index (χ0n) is 12.5. The van der Waals surface area contributed by atoms with Crippen LogP contribution in [0.5, 0.6) is 0 Å². The number of hydrogen-bond donors (Lipinski definition) is 1. The first-order chi connectivity index (χ1) is 10.3. The lowest BCUT2D eigenvalue weighted by Gasteiger charge is -2.08. The van der Waals surface area contributed by atoms with Crippen molar-refractivity contribution in [3.63, 3.8) is 0 Å². The van der Waals surface area contributed by atoms with Crippen molar-refractivity contribution in [2.45, 2.75) is 19.9 Å². The highest BCUT2D eigenvalue weighted by Gasteiger charge is 2.15. The predicted octanol–water partition coefficient (Wildman–Crippen LogP) is 1.87. The van der Waals surface area contributed by atoms with Gasteiger partial charge in [-0.3, -0.25) is 9.48 Å². The van der Waals surface area contributed by atoms with E-state index in [1.807, 2.05) is 29.8 Å². The highest BCUT2D eigenvalue weighted by molar-refractivity contribution is 5.95. The van der Waals surface area contributed by atoms with Gasteiger partial charge in [0.25, 0.3) is 5.91 Å². The summed E-state index contributed by atoms with van der Waals surface area (Å²) < 4.78 is 6.82. The van der Waals surface area contributed by atoms with E-state index in [-0.39, 0.29) is 5.91 Å². The molecule has 0 atom stereocenters. The van der Waals surface area contributed by atoms with Crippen LogP contribution in [0.1, 0.15) is 28.5 Å². The van der Waals surface area contributed by atoms with Crippen LogP contribution in [0.25, 0.3) is 0 Å². The molecule has 1 aromatic heterocycles. The van der Waals surface area contributed by atoms with Crippen molar-refractivity contribution >= 4 is 5.91 Å². The molecule has 1 amide bonds. The van der Waals surface area contributed by atoms with Crippen LogP contribution < -0.4 is 5.32 Å². The zero-order chi connectivity index (χ0) is 15.1. The van der Waals surface area contributed by atoms with Crippen LogP contribution in [0, 0.1) is 0 Å². The molecule has 0 radical (unpaired) electrons. The number of benzene rings is 1. The first-order valence-electron chi connectivity index (χ1n) is 7.12. The van der Waals surface area contributed by atoms with E-state index in [0.717, 1.165) is 12.1 Å².